The Hall–Kier alpha value is -0.160. The SMILES string of the molecule is CC(C)NOC[C@H](O)CO. The maximum Gasteiger partial charge on any atom is 0.102 e. The Morgan fingerprint density at radius 1 is 1.50 bits per heavy atom. The van der Waals surface area contributed by atoms with Gasteiger partial charge in [0.25, 0.3) is 0 Å². The molecule has 0 saturated heterocycles. The molecule has 0 radical (unpaired) electrons. The summed E-state index contributed by atoms with van der Waals surface area (Å²) in [4.78, 5) is 4.79. The predicted molar refractivity (Wildman–Crippen MR) is 37.3 cm³/mol. The second kappa shape index (κ2) is 5.61. The Morgan fingerprint density at radius 3 is 2.50 bits per heavy atom. The van der Waals surface area contributed by atoms with Crippen LogP contribution in [0.3, 0.4) is 0 Å². The van der Waals surface area contributed by atoms with E-state index in [-0.39, 0.29) is 19.3 Å². The molecule has 0 aliphatic carbocycles. The average Bonchev–Trinajstić information content (AvgIpc) is 1.87. The zero-order chi connectivity index (χ0) is 7.98. The number of aliphatic hydroxyl groups is 2. The van der Waals surface area contributed by atoms with Crippen LogP contribution in [0.5, 0.6) is 0 Å². The summed E-state index contributed by atoms with van der Waals surface area (Å²) in [5.74, 6) is 0. The average molecular weight is 149 g/mol. The molecule has 3 N–H and O–H groups in total. The summed E-state index contributed by atoms with van der Waals surface area (Å²) in [5, 5.41) is 17.1. The van der Waals surface area contributed by atoms with E-state index in [0.717, 1.165) is 0 Å². The van der Waals surface area contributed by atoms with E-state index in [4.69, 9.17) is 15.1 Å². The summed E-state index contributed by atoms with van der Waals surface area (Å²) >= 11 is 0. The Kier molecular flexibility index (Phi) is 5.52. The molecule has 0 amide bonds. The Morgan fingerprint density at radius 2 is 2.10 bits per heavy atom. The van der Waals surface area contributed by atoms with Crippen LogP contribution in [-0.4, -0.2) is 35.6 Å². The molecule has 4 heteroatoms. The molecule has 0 aromatic carbocycles. The largest absolute Gasteiger partial charge is 0.394 e. The summed E-state index contributed by atoms with van der Waals surface area (Å²) in [5.41, 5.74) is 2.64. The lowest BCUT2D eigenvalue weighted by molar-refractivity contribution is -0.0456. The first-order valence-corrected chi connectivity index (χ1v) is 3.33. The molecule has 1 atom stereocenters. The zero-order valence-corrected chi connectivity index (χ0v) is 6.37. The van der Waals surface area contributed by atoms with E-state index in [9.17, 15) is 0 Å². The van der Waals surface area contributed by atoms with E-state index < -0.39 is 6.10 Å². The van der Waals surface area contributed by atoms with Crippen LogP contribution < -0.4 is 5.48 Å². The van der Waals surface area contributed by atoms with Crippen LogP contribution >= 0.6 is 0 Å². The third-order valence-corrected chi connectivity index (χ3v) is 0.806. The van der Waals surface area contributed by atoms with Gasteiger partial charge in [-0.05, 0) is 13.8 Å². The first-order valence-electron chi connectivity index (χ1n) is 3.33. The van der Waals surface area contributed by atoms with Crippen molar-refractivity contribution in [3.63, 3.8) is 0 Å². The molecule has 0 fully saturated rings. The van der Waals surface area contributed by atoms with Crippen LogP contribution in [0, 0.1) is 0 Å². The molecule has 4 nitrogen and oxygen atoms in total. The van der Waals surface area contributed by atoms with Crippen LogP contribution in [0.15, 0.2) is 0 Å². The number of hydrogen-bond acceptors (Lipinski definition) is 4. The van der Waals surface area contributed by atoms with Crippen molar-refractivity contribution in [3.8, 4) is 0 Å². The highest BCUT2D eigenvalue weighted by molar-refractivity contribution is 4.48. The fraction of sp³-hybridized carbons (Fsp3) is 1.00. The molecule has 0 saturated carbocycles. The standard InChI is InChI=1S/C6H15NO3/c1-5(2)7-10-4-6(9)3-8/h5-9H,3-4H2,1-2H3/t6-/m1/s1. The van der Waals surface area contributed by atoms with Gasteiger partial charge < -0.3 is 10.2 Å². The highest BCUT2D eigenvalue weighted by atomic mass is 16.7. The van der Waals surface area contributed by atoms with E-state index in [0.29, 0.717) is 0 Å². The van der Waals surface area contributed by atoms with Gasteiger partial charge in [-0.25, -0.2) is 0 Å². The zero-order valence-electron chi connectivity index (χ0n) is 6.37. The number of hydroxylamine groups is 1. The normalized spacial score (nSPS) is 14.1. The molecule has 0 spiro atoms. The number of nitrogens with one attached hydrogen (secondary N) is 1. The van der Waals surface area contributed by atoms with Crippen LogP contribution in [-0.2, 0) is 4.84 Å². The first kappa shape index (κ1) is 9.84. The fourth-order valence-corrected chi connectivity index (χ4v) is 0.364. The van der Waals surface area contributed by atoms with Crippen molar-refractivity contribution in [3.05, 3.63) is 0 Å². The lowest BCUT2D eigenvalue weighted by Gasteiger charge is -2.10. The summed E-state index contributed by atoms with van der Waals surface area (Å²) in [6, 6.07) is 0.228. The van der Waals surface area contributed by atoms with Crippen molar-refractivity contribution in [2.24, 2.45) is 0 Å². The lowest BCUT2D eigenvalue weighted by atomic mass is 10.4. The predicted octanol–water partition coefficient (Wildman–Crippen LogP) is -0.731. The van der Waals surface area contributed by atoms with Gasteiger partial charge in [-0.1, -0.05) is 0 Å². The van der Waals surface area contributed by atoms with E-state index in [2.05, 4.69) is 5.48 Å². The summed E-state index contributed by atoms with van der Waals surface area (Å²) in [6.45, 7) is 3.70. The minimum Gasteiger partial charge on any atom is -0.394 e. The topological polar surface area (TPSA) is 61.7 Å². The van der Waals surface area contributed by atoms with Gasteiger partial charge in [0.2, 0.25) is 0 Å². The Bertz CT molecular complexity index is 77.4. The molecule has 0 unspecified atom stereocenters. The van der Waals surface area contributed by atoms with Gasteiger partial charge in [0.1, 0.15) is 6.10 Å². The molecule has 0 aliphatic rings. The maximum atomic E-state index is 8.76. The van der Waals surface area contributed by atoms with Crippen molar-refractivity contribution in [1.29, 1.82) is 0 Å². The van der Waals surface area contributed by atoms with Gasteiger partial charge in [0.05, 0.1) is 13.2 Å². The second-order valence-corrected chi connectivity index (χ2v) is 2.42. The van der Waals surface area contributed by atoms with E-state index in [1.54, 1.807) is 0 Å². The molecule has 0 rings (SSSR count). The molecule has 10 heavy (non-hydrogen) atoms. The Balaban J connectivity index is 3.03. The molecule has 62 valence electrons. The van der Waals surface area contributed by atoms with E-state index in [1.165, 1.54) is 0 Å². The van der Waals surface area contributed by atoms with Crippen LogP contribution in [0.2, 0.25) is 0 Å². The molecule has 0 heterocycles. The van der Waals surface area contributed by atoms with E-state index in [1.807, 2.05) is 13.8 Å². The van der Waals surface area contributed by atoms with Crippen LogP contribution in [0.4, 0.5) is 0 Å². The van der Waals surface area contributed by atoms with Crippen LogP contribution in [0.1, 0.15) is 13.8 Å². The fourth-order valence-electron chi connectivity index (χ4n) is 0.364. The molecule has 0 aromatic heterocycles. The number of rotatable bonds is 5. The Labute approximate surface area is 60.8 Å². The van der Waals surface area contributed by atoms with Gasteiger partial charge >= 0.3 is 0 Å². The highest BCUT2D eigenvalue weighted by Gasteiger charge is 2.01. The van der Waals surface area contributed by atoms with Crippen molar-refractivity contribution in [1.82, 2.24) is 5.48 Å². The molecular weight excluding hydrogens is 134 g/mol. The van der Waals surface area contributed by atoms with Crippen molar-refractivity contribution in [2.45, 2.75) is 26.0 Å². The lowest BCUT2D eigenvalue weighted by Crippen LogP contribution is -2.29. The number of aliphatic hydroxyl groups excluding tert-OH is 2. The smallest absolute Gasteiger partial charge is 0.102 e. The minimum absolute atomic E-state index is 0.120. The highest BCUT2D eigenvalue weighted by Crippen LogP contribution is 1.82. The number of hydrogen-bond donors (Lipinski definition) is 3. The van der Waals surface area contributed by atoms with Crippen molar-refractivity contribution < 1.29 is 15.1 Å². The molecule has 0 bridgehead atoms. The monoisotopic (exact) mass is 149 g/mol. The van der Waals surface area contributed by atoms with Gasteiger partial charge in [-0.15, -0.1) is 0 Å². The summed E-state index contributed by atoms with van der Waals surface area (Å²) < 4.78 is 0. The third-order valence-electron chi connectivity index (χ3n) is 0.806. The van der Waals surface area contributed by atoms with Crippen LogP contribution in [0.25, 0.3) is 0 Å². The molecule has 0 aromatic rings. The second-order valence-electron chi connectivity index (χ2n) is 2.42. The molecular formula is C6H15NO3. The summed E-state index contributed by atoms with van der Waals surface area (Å²) in [7, 11) is 0. The minimum atomic E-state index is -0.786. The van der Waals surface area contributed by atoms with Gasteiger partial charge in [0, 0.05) is 6.04 Å². The van der Waals surface area contributed by atoms with Crippen molar-refractivity contribution in [2.75, 3.05) is 13.2 Å². The van der Waals surface area contributed by atoms with Gasteiger partial charge in [0.15, 0.2) is 0 Å². The van der Waals surface area contributed by atoms with Gasteiger partial charge in [-0.3, -0.25) is 4.84 Å². The van der Waals surface area contributed by atoms with Gasteiger partial charge in [-0.2, -0.15) is 5.48 Å². The quantitative estimate of drug-likeness (QED) is 0.451. The van der Waals surface area contributed by atoms with E-state index >= 15 is 0 Å². The van der Waals surface area contributed by atoms with Crippen molar-refractivity contribution >= 4 is 0 Å². The third kappa shape index (κ3) is 5.97. The maximum absolute atomic E-state index is 8.76. The first-order chi connectivity index (χ1) is 4.66. The molecule has 0 aliphatic heterocycles. The summed E-state index contributed by atoms with van der Waals surface area (Å²) in [6.07, 6.45) is -0.786.